The Morgan fingerprint density at radius 1 is 0.927 bits per heavy atom. The highest BCUT2D eigenvalue weighted by Gasteiger charge is 2.30. The van der Waals surface area contributed by atoms with E-state index in [1.165, 1.54) is 12.1 Å². The lowest BCUT2D eigenvalue weighted by Crippen LogP contribution is -2.22. The molecule has 0 aliphatic rings. The zero-order valence-electron chi connectivity index (χ0n) is 23.0. The maximum Gasteiger partial charge on any atom is 0.416 e. The molecule has 3 aromatic rings. The largest absolute Gasteiger partial charge is 0.486 e. The molecular formula is C29H36Cl3F3N2O4. The van der Waals surface area contributed by atoms with E-state index in [4.69, 9.17) is 25.8 Å². The smallest absolute Gasteiger partial charge is 0.416 e. The fourth-order valence-electron chi connectivity index (χ4n) is 3.18. The SMILES string of the molecule is CN(C)CCOC(=O)COc1ccc(Cl)cc1.CNCCC(Oc1ccc(C(F)(F)F)cc1)c1ccccc1.Cl.Cl. The van der Waals surface area contributed by atoms with Crippen LogP contribution in [0.5, 0.6) is 11.5 Å². The number of ether oxygens (including phenoxy) is 3. The molecule has 0 aromatic heterocycles. The van der Waals surface area contributed by atoms with Crippen LogP contribution in [0.2, 0.25) is 5.02 Å². The van der Waals surface area contributed by atoms with Crippen LogP contribution in [-0.2, 0) is 15.7 Å². The summed E-state index contributed by atoms with van der Waals surface area (Å²) in [6.45, 7) is 1.73. The van der Waals surface area contributed by atoms with Gasteiger partial charge in [-0.2, -0.15) is 13.2 Å². The van der Waals surface area contributed by atoms with Crippen LogP contribution in [0.15, 0.2) is 78.9 Å². The summed E-state index contributed by atoms with van der Waals surface area (Å²) in [6, 6.07) is 21.2. The van der Waals surface area contributed by atoms with Crippen LogP contribution >= 0.6 is 36.4 Å². The van der Waals surface area contributed by atoms with Crippen LogP contribution in [0.25, 0.3) is 0 Å². The molecule has 0 saturated carbocycles. The number of likely N-dealkylation sites (N-methyl/N-ethyl adjacent to an activating group) is 1. The maximum atomic E-state index is 12.6. The quantitative estimate of drug-likeness (QED) is 0.213. The minimum Gasteiger partial charge on any atom is -0.486 e. The molecule has 0 fully saturated rings. The number of hydrogen-bond donors (Lipinski definition) is 1. The molecule has 6 nitrogen and oxygen atoms in total. The van der Waals surface area contributed by atoms with Crippen LogP contribution in [-0.4, -0.2) is 58.3 Å². The number of nitrogens with zero attached hydrogens (tertiary/aromatic N) is 1. The summed E-state index contributed by atoms with van der Waals surface area (Å²) in [5.74, 6) is 0.652. The highest BCUT2D eigenvalue weighted by atomic mass is 35.5. The highest BCUT2D eigenvalue weighted by molar-refractivity contribution is 6.30. The van der Waals surface area contributed by atoms with Crippen LogP contribution in [0.1, 0.15) is 23.7 Å². The molecule has 3 rings (SSSR count). The summed E-state index contributed by atoms with van der Waals surface area (Å²) < 4.78 is 53.8. The number of esters is 1. The van der Waals surface area contributed by atoms with E-state index in [2.05, 4.69) is 5.32 Å². The molecule has 0 aliphatic carbocycles. The number of alkyl halides is 3. The Bertz CT molecular complexity index is 1110. The van der Waals surface area contributed by atoms with Gasteiger partial charge in [-0.05, 0) is 81.8 Å². The number of halogens is 6. The van der Waals surface area contributed by atoms with Crippen molar-refractivity contribution < 1.29 is 32.2 Å². The first-order valence-corrected chi connectivity index (χ1v) is 12.7. The van der Waals surface area contributed by atoms with Gasteiger partial charge in [0.25, 0.3) is 0 Å². The molecular weight excluding hydrogens is 604 g/mol. The van der Waals surface area contributed by atoms with Gasteiger partial charge in [0.05, 0.1) is 5.56 Å². The topological polar surface area (TPSA) is 60.0 Å². The van der Waals surface area contributed by atoms with Crippen LogP contribution in [0.4, 0.5) is 13.2 Å². The van der Waals surface area contributed by atoms with E-state index in [1.807, 2.05) is 56.4 Å². The van der Waals surface area contributed by atoms with Gasteiger partial charge >= 0.3 is 12.1 Å². The second kappa shape index (κ2) is 20.2. The van der Waals surface area contributed by atoms with Crippen molar-refractivity contribution in [3.63, 3.8) is 0 Å². The molecule has 3 aromatic carbocycles. The van der Waals surface area contributed by atoms with E-state index < -0.39 is 11.7 Å². The summed E-state index contributed by atoms with van der Waals surface area (Å²) in [5.41, 5.74) is 0.323. The lowest BCUT2D eigenvalue weighted by Gasteiger charge is -2.20. The van der Waals surface area contributed by atoms with Gasteiger partial charge in [0.2, 0.25) is 0 Å². The first-order valence-electron chi connectivity index (χ1n) is 12.3. The number of hydrogen-bond acceptors (Lipinski definition) is 6. The van der Waals surface area contributed by atoms with E-state index in [1.54, 1.807) is 24.3 Å². The maximum absolute atomic E-state index is 12.6. The molecule has 0 bridgehead atoms. The number of nitrogens with one attached hydrogen (secondary N) is 1. The average Bonchev–Trinajstić information content (AvgIpc) is 2.91. The first-order chi connectivity index (χ1) is 18.6. The zero-order chi connectivity index (χ0) is 28.7. The standard InChI is InChI=1S/C17H18F3NO.C12H16ClNO3.2ClH/c1-21-12-11-16(13-5-3-2-4-6-13)22-15-9-7-14(8-10-15)17(18,19)20;1-14(2)7-8-16-12(15)9-17-11-5-3-10(13)4-6-11;;/h2-10,16,21H,11-12H2,1H3;3-6H,7-9H2,1-2H3;2*1H. The number of benzene rings is 3. The summed E-state index contributed by atoms with van der Waals surface area (Å²) in [4.78, 5) is 13.2. The monoisotopic (exact) mass is 638 g/mol. The molecule has 0 amide bonds. The Kier molecular flexibility index (Phi) is 18.9. The molecule has 0 radical (unpaired) electrons. The molecule has 41 heavy (non-hydrogen) atoms. The van der Waals surface area contributed by atoms with Crippen molar-refractivity contribution in [1.82, 2.24) is 10.2 Å². The lowest BCUT2D eigenvalue weighted by atomic mass is 10.1. The molecule has 0 spiro atoms. The van der Waals surface area contributed by atoms with Gasteiger partial charge in [-0.25, -0.2) is 4.79 Å². The fourth-order valence-corrected chi connectivity index (χ4v) is 3.31. The third-order valence-electron chi connectivity index (χ3n) is 5.26. The molecule has 0 saturated heterocycles. The van der Waals surface area contributed by atoms with Gasteiger partial charge < -0.3 is 24.4 Å². The van der Waals surface area contributed by atoms with Gasteiger partial charge in [0.1, 0.15) is 24.2 Å². The first kappa shape index (κ1) is 38.3. The minimum absolute atomic E-state index is 0. The fraction of sp³-hybridized carbons (Fsp3) is 0.345. The third-order valence-corrected chi connectivity index (χ3v) is 5.51. The van der Waals surface area contributed by atoms with Crippen molar-refractivity contribution in [2.45, 2.75) is 18.7 Å². The summed E-state index contributed by atoms with van der Waals surface area (Å²) in [7, 11) is 5.68. The number of rotatable bonds is 12. The van der Waals surface area contributed by atoms with Crippen molar-refractivity contribution in [2.24, 2.45) is 0 Å². The normalized spacial score (nSPS) is 11.2. The Hall–Kier alpha value is -2.69. The van der Waals surface area contributed by atoms with Crippen LogP contribution in [0, 0.1) is 0 Å². The molecule has 1 N–H and O–H groups in total. The number of carbonyl (C=O) groups excluding carboxylic acids is 1. The average molecular weight is 640 g/mol. The third kappa shape index (κ3) is 15.8. The zero-order valence-corrected chi connectivity index (χ0v) is 25.4. The van der Waals surface area contributed by atoms with Crippen LogP contribution in [0.3, 0.4) is 0 Å². The summed E-state index contributed by atoms with van der Waals surface area (Å²) in [6.07, 6.45) is -3.81. The van der Waals surface area contributed by atoms with Crippen LogP contribution < -0.4 is 14.8 Å². The molecule has 0 heterocycles. The highest BCUT2D eigenvalue weighted by Crippen LogP contribution is 2.31. The molecule has 1 unspecified atom stereocenters. The van der Waals surface area contributed by atoms with Crippen molar-refractivity contribution >= 4 is 42.4 Å². The predicted octanol–water partition coefficient (Wildman–Crippen LogP) is 7.10. The Balaban J connectivity index is 0.000000768. The molecule has 1 atom stereocenters. The van der Waals surface area contributed by atoms with E-state index in [-0.39, 0.29) is 43.5 Å². The minimum atomic E-state index is -4.33. The lowest BCUT2D eigenvalue weighted by molar-refractivity contribution is -0.146. The van der Waals surface area contributed by atoms with E-state index in [0.29, 0.717) is 29.7 Å². The summed E-state index contributed by atoms with van der Waals surface area (Å²) >= 11 is 5.72. The Morgan fingerprint density at radius 2 is 1.51 bits per heavy atom. The van der Waals surface area contributed by atoms with Crippen molar-refractivity contribution in [3.05, 3.63) is 95.0 Å². The van der Waals surface area contributed by atoms with Gasteiger partial charge in [0, 0.05) is 18.0 Å². The molecule has 228 valence electrons. The molecule has 12 heteroatoms. The van der Waals surface area contributed by atoms with Gasteiger partial charge in [-0.15, -0.1) is 24.8 Å². The van der Waals surface area contributed by atoms with Gasteiger partial charge in [-0.1, -0.05) is 41.9 Å². The second-order valence-electron chi connectivity index (χ2n) is 8.70. The van der Waals surface area contributed by atoms with E-state index in [9.17, 15) is 18.0 Å². The van der Waals surface area contributed by atoms with Crippen molar-refractivity contribution in [3.8, 4) is 11.5 Å². The van der Waals surface area contributed by atoms with Gasteiger partial charge in [0.15, 0.2) is 6.61 Å². The van der Waals surface area contributed by atoms with E-state index in [0.717, 1.165) is 30.7 Å². The van der Waals surface area contributed by atoms with Crippen molar-refractivity contribution in [2.75, 3.05) is 47.4 Å². The second-order valence-corrected chi connectivity index (χ2v) is 9.13. The Labute approximate surface area is 256 Å². The van der Waals surface area contributed by atoms with E-state index >= 15 is 0 Å². The van der Waals surface area contributed by atoms with Gasteiger partial charge in [-0.3, -0.25) is 0 Å². The Morgan fingerprint density at radius 3 is 2.05 bits per heavy atom. The number of carbonyl (C=O) groups is 1. The van der Waals surface area contributed by atoms with Crippen molar-refractivity contribution in [1.29, 1.82) is 0 Å². The summed E-state index contributed by atoms with van der Waals surface area (Å²) in [5, 5.41) is 3.68. The predicted molar refractivity (Wildman–Crippen MR) is 161 cm³/mol. The molecule has 0 aliphatic heterocycles.